The van der Waals surface area contributed by atoms with Crippen LogP contribution in [0.3, 0.4) is 0 Å². The minimum absolute atomic E-state index is 0.0852. The summed E-state index contributed by atoms with van der Waals surface area (Å²) in [6, 6.07) is 7.39. The van der Waals surface area contributed by atoms with Gasteiger partial charge in [0.05, 0.1) is 45.3 Å². The lowest BCUT2D eigenvalue weighted by Gasteiger charge is -2.38. The van der Waals surface area contributed by atoms with Crippen LogP contribution < -0.4 is 0 Å². The second-order valence-electron chi connectivity index (χ2n) is 9.33. The zero-order chi connectivity index (χ0) is 28.2. The van der Waals surface area contributed by atoms with Crippen molar-refractivity contribution in [3.8, 4) is 16.9 Å². The average molecular weight is 576 g/mol. The molecule has 1 fully saturated rings. The molecule has 0 bridgehead atoms. The zero-order valence-electron chi connectivity index (χ0n) is 20.7. The molecule has 10 nitrogen and oxygen atoms in total. The van der Waals surface area contributed by atoms with Crippen molar-refractivity contribution >= 4 is 21.6 Å². The summed E-state index contributed by atoms with van der Waals surface area (Å²) in [4.78, 5) is 8.86. The number of halogens is 4. The molecule has 0 saturated carbocycles. The van der Waals surface area contributed by atoms with Gasteiger partial charge in [0.2, 0.25) is 0 Å². The quantitative estimate of drug-likeness (QED) is 0.301. The van der Waals surface area contributed by atoms with Gasteiger partial charge in [0.1, 0.15) is 36.2 Å². The molecule has 4 atom stereocenters. The number of aromatic nitrogens is 7. The molecule has 2 aromatic carbocycles. The summed E-state index contributed by atoms with van der Waals surface area (Å²) in [7, 11) is 0. The van der Waals surface area contributed by atoms with E-state index in [1.807, 2.05) is 25.1 Å². The first-order chi connectivity index (χ1) is 19.1. The predicted octanol–water partition coefficient (Wildman–Crippen LogP) is 4.03. The molecule has 5 aromatic rings. The smallest absolute Gasteiger partial charge is 0.394 e. The highest BCUT2D eigenvalue weighted by molar-refractivity contribution is 7.18. The Morgan fingerprint density at radius 2 is 2.00 bits per heavy atom. The molecule has 6 rings (SSSR count). The lowest BCUT2D eigenvalue weighted by Crippen LogP contribution is -2.45. The summed E-state index contributed by atoms with van der Waals surface area (Å²) in [5.74, 6) is -1.00. The fourth-order valence-electron chi connectivity index (χ4n) is 4.84. The molecule has 1 aliphatic heterocycles. The third-order valence-corrected chi connectivity index (χ3v) is 7.69. The first kappa shape index (κ1) is 26.4. The maximum Gasteiger partial charge on any atom is 0.419 e. The van der Waals surface area contributed by atoms with Crippen LogP contribution in [0.4, 0.5) is 17.6 Å². The van der Waals surface area contributed by atoms with Crippen molar-refractivity contribution in [1.82, 2.24) is 34.7 Å². The van der Waals surface area contributed by atoms with Gasteiger partial charge in [-0.25, -0.2) is 23.7 Å². The normalized spacial score (nSPS) is 21.8. The lowest BCUT2D eigenvalue weighted by molar-refractivity contribution is -0.161. The van der Waals surface area contributed by atoms with Crippen molar-refractivity contribution in [2.75, 3.05) is 6.61 Å². The number of ether oxygens (including phenoxy) is 1. The van der Waals surface area contributed by atoms with Gasteiger partial charge >= 0.3 is 6.18 Å². The molecule has 15 heteroatoms. The molecule has 208 valence electrons. The Morgan fingerprint density at radius 3 is 2.75 bits per heavy atom. The number of rotatable bonds is 5. The highest BCUT2D eigenvalue weighted by Crippen LogP contribution is 2.38. The Balaban J connectivity index is 1.30. The number of aliphatic hydroxyl groups excluding tert-OH is 2. The summed E-state index contributed by atoms with van der Waals surface area (Å²) in [6.07, 6.45) is -4.82. The molecule has 0 radical (unpaired) electrons. The Labute approximate surface area is 227 Å². The predicted molar refractivity (Wildman–Crippen MR) is 134 cm³/mol. The molecular weight excluding hydrogens is 554 g/mol. The molecule has 0 unspecified atom stereocenters. The van der Waals surface area contributed by atoms with Crippen LogP contribution >= 0.6 is 11.3 Å². The van der Waals surface area contributed by atoms with Crippen LogP contribution in [0.15, 0.2) is 48.9 Å². The van der Waals surface area contributed by atoms with Gasteiger partial charge in [-0.15, -0.1) is 16.4 Å². The van der Waals surface area contributed by atoms with E-state index < -0.39 is 48.5 Å². The van der Waals surface area contributed by atoms with Crippen molar-refractivity contribution < 1.29 is 32.5 Å². The van der Waals surface area contributed by atoms with Crippen LogP contribution in [0, 0.1) is 12.7 Å². The number of nitrogens with zero attached hydrogens (tertiary/aromatic N) is 7. The molecule has 1 aliphatic rings. The van der Waals surface area contributed by atoms with Gasteiger partial charge in [-0.2, -0.15) is 18.3 Å². The minimum atomic E-state index is -4.83. The summed E-state index contributed by atoms with van der Waals surface area (Å²) < 4.78 is 62.9. The lowest BCUT2D eigenvalue weighted by atomic mass is 9.95. The van der Waals surface area contributed by atoms with Gasteiger partial charge in [-0.3, -0.25) is 0 Å². The van der Waals surface area contributed by atoms with E-state index in [1.165, 1.54) is 17.2 Å². The number of hydrogen-bond acceptors (Lipinski definition) is 9. The summed E-state index contributed by atoms with van der Waals surface area (Å²) >= 11 is 1.54. The van der Waals surface area contributed by atoms with Crippen molar-refractivity contribution in [2.45, 2.75) is 43.9 Å². The number of hydrogen-bond donors (Lipinski definition) is 2. The summed E-state index contributed by atoms with van der Waals surface area (Å²) in [6.45, 7) is 1.42. The SMILES string of the molecule is Cc1nc2ccc(-n3ncnc3[C@H]3C[C@@H](n4cc(-c5ccc(C(F)(F)F)c(F)c5)nn4)[C@@H](O)[C@@H](CO)O3)cc2s1. The molecule has 0 aliphatic carbocycles. The Morgan fingerprint density at radius 1 is 1.18 bits per heavy atom. The second-order valence-corrected chi connectivity index (χ2v) is 10.6. The second kappa shape index (κ2) is 9.99. The number of alkyl halides is 3. The van der Waals surface area contributed by atoms with Crippen LogP contribution in [0.5, 0.6) is 0 Å². The third kappa shape index (κ3) is 4.74. The maximum atomic E-state index is 14.1. The molecule has 40 heavy (non-hydrogen) atoms. The van der Waals surface area contributed by atoms with E-state index in [0.717, 1.165) is 33.0 Å². The Hall–Kier alpha value is -3.79. The van der Waals surface area contributed by atoms with Gasteiger partial charge in [-0.1, -0.05) is 11.3 Å². The Bertz CT molecular complexity index is 1680. The van der Waals surface area contributed by atoms with Gasteiger partial charge in [0.25, 0.3) is 0 Å². The first-order valence-corrected chi connectivity index (χ1v) is 12.9. The molecule has 1 saturated heterocycles. The van der Waals surface area contributed by atoms with Crippen molar-refractivity contribution in [3.63, 3.8) is 0 Å². The van der Waals surface area contributed by atoms with Crippen LogP contribution in [0.1, 0.15) is 35.0 Å². The van der Waals surface area contributed by atoms with E-state index in [9.17, 15) is 27.8 Å². The molecule has 0 spiro atoms. The monoisotopic (exact) mass is 575 g/mol. The molecule has 0 amide bonds. The zero-order valence-corrected chi connectivity index (χ0v) is 21.5. The van der Waals surface area contributed by atoms with E-state index >= 15 is 0 Å². The first-order valence-electron chi connectivity index (χ1n) is 12.1. The molecular formula is C25H21F4N7O3S. The topological polar surface area (TPSA) is 124 Å². The minimum Gasteiger partial charge on any atom is -0.394 e. The molecule has 3 aromatic heterocycles. The van der Waals surface area contributed by atoms with Crippen molar-refractivity contribution in [1.29, 1.82) is 0 Å². The van der Waals surface area contributed by atoms with Gasteiger partial charge in [0, 0.05) is 12.0 Å². The maximum absolute atomic E-state index is 14.1. The third-order valence-electron chi connectivity index (χ3n) is 6.76. The van der Waals surface area contributed by atoms with Crippen LogP contribution in [-0.4, -0.2) is 63.8 Å². The van der Waals surface area contributed by atoms with Crippen LogP contribution in [-0.2, 0) is 10.9 Å². The number of aryl methyl sites for hydroxylation is 1. The van der Waals surface area contributed by atoms with E-state index in [4.69, 9.17) is 4.74 Å². The van der Waals surface area contributed by atoms with Crippen LogP contribution in [0.2, 0.25) is 0 Å². The number of fused-ring (bicyclic) bond motifs is 1. The van der Waals surface area contributed by atoms with E-state index in [1.54, 1.807) is 16.0 Å². The summed E-state index contributed by atoms with van der Waals surface area (Å²) in [5.41, 5.74) is 0.399. The van der Waals surface area contributed by atoms with Crippen molar-refractivity contribution in [2.24, 2.45) is 0 Å². The van der Waals surface area contributed by atoms with E-state index in [-0.39, 0.29) is 17.7 Å². The van der Waals surface area contributed by atoms with Crippen molar-refractivity contribution in [3.05, 3.63) is 71.1 Å². The van der Waals surface area contributed by atoms with Gasteiger partial charge in [0.15, 0.2) is 5.82 Å². The van der Waals surface area contributed by atoms with Gasteiger partial charge in [-0.05, 0) is 37.3 Å². The standard InChI is InChI=1S/C25H21F4N7O3S/c1-12-32-17-5-3-14(7-22(17)40-12)36-24(30-11-31-36)20-8-19(23(38)21(10-37)39-20)35-9-18(33-34-35)13-2-4-15(16(26)6-13)25(27,28)29/h2-7,9,11,19-21,23,37-38H,8,10H2,1H3/t19-,20-,21-,23-/m1/s1. The number of thiazole rings is 1. The number of aliphatic hydroxyl groups is 2. The highest BCUT2D eigenvalue weighted by Gasteiger charge is 2.41. The van der Waals surface area contributed by atoms with Crippen LogP contribution in [0.25, 0.3) is 27.2 Å². The highest BCUT2D eigenvalue weighted by atomic mass is 32.1. The largest absolute Gasteiger partial charge is 0.419 e. The average Bonchev–Trinajstić information content (AvgIpc) is 3.66. The molecule has 4 heterocycles. The summed E-state index contributed by atoms with van der Waals surface area (Å²) in [5, 5.41) is 34.2. The fraction of sp³-hybridized carbons (Fsp3) is 0.320. The molecule has 2 N–H and O–H groups in total. The van der Waals surface area contributed by atoms with E-state index in [2.05, 4.69) is 25.4 Å². The number of benzene rings is 2. The fourth-order valence-corrected chi connectivity index (χ4v) is 5.70. The Kier molecular flexibility index (Phi) is 6.60. The van der Waals surface area contributed by atoms with E-state index in [0.29, 0.717) is 11.9 Å². The van der Waals surface area contributed by atoms with Gasteiger partial charge < -0.3 is 14.9 Å².